The summed E-state index contributed by atoms with van der Waals surface area (Å²) in [5, 5.41) is 1.97. The van der Waals surface area contributed by atoms with E-state index in [-0.39, 0.29) is 5.43 Å². The van der Waals surface area contributed by atoms with Gasteiger partial charge in [0, 0.05) is 39.7 Å². The van der Waals surface area contributed by atoms with E-state index in [2.05, 4.69) is 46.3 Å². The predicted octanol–water partition coefficient (Wildman–Crippen LogP) is 4.25. The van der Waals surface area contributed by atoms with E-state index in [9.17, 15) is 4.79 Å². The molecule has 130 valence electrons. The van der Waals surface area contributed by atoms with Crippen LogP contribution in [0.1, 0.15) is 0 Å². The van der Waals surface area contributed by atoms with E-state index in [0.29, 0.717) is 13.2 Å². The molecule has 1 aliphatic rings. The summed E-state index contributed by atoms with van der Waals surface area (Å²) in [5.74, 6) is 0.874. The Morgan fingerprint density at radius 2 is 1.85 bits per heavy atom. The lowest BCUT2D eigenvalue weighted by Gasteiger charge is -2.28. The SMILES string of the molecule is O=c1cc(N2CCOCC2)[nH]c2c(-c3cc4ccccc4s3)cccc12. The summed E-state index contributed by atoms with van der Waals surface area (Å²) >= 11 is 1.76. The van der Waals surface area contributed by atoms with Gasteiger partial charge >= 0.3 is 0 Å². The summed E-state index contributed by atoms with van der Waals surface area (Å²) in [7, 11) is 0. The lowest BCUT2D eigenvalue weighted by Crippen LogP contribution is -2.37. The number of morpholine rings is 1. The quantitative estimate of drug-likeness (QED) is 0.580. The topological polar surface area (TPSA) is 45.3 Å². The first-order valence-electron chi connectivity index (χ1n) is 8.77. The highest BCUT2D eigenvalue weighted by molar-refractivity contribution is 7.22. The van der Waals surface area contributed by atoms with Gasteiger partial charge < -0.3 is 14.6 Å². The Labute approximate surface area is 154 Å². The number of benzene rings is 2. The number of H-pyrrole nitrogens is 1. The summed E-state index contributed by atoms with van der Waals surface area (Å²) in [6.07, 6.45) is 0. The summed E-state index contributed by atoms with van der Waals surface area (Å²) in [4.78, 5) is 19.6. The molecule has 0 amide bonds. The highest BCUT2D eigenvalue weighted by Crippen LogP contribution is 2.36. The van der Waals surface area contributed by atoms with Crippen LogP contribution in [-0.4, -0.2) is 31.3 Å². The fourth-order valence-electron chi connectivity index (χ4n) is 3.55. The van der Waals surface area contributed by atoms with Crippen LogP contribution in [0.2, 0.25) is 0 Å². The Morgan fingerprint density at radius 3 is 2.69 bits per heavy atom. The van der Waals surface area contributed by atoms with E-state index in [4.69, 9.17) is 4.74 Å². The van der Waals surface area contributed by atoms with E-state index in [0.717, 1.165) is 35.4 Å². The first kappa shape index (κ1) is 15.6. The number of ether oxygens (including phenoxy) is 1. The van der Waals surface area contributed by atoms with Crippen LogP contribution in [0.5, 0.6) is 0 Å². The van der Waals surface area contributed by atoms with Gasteiger partial charge in [0.2, 0.25) is 0 Å². The van der Waals surface area contributed by atoms with Crippen molar-refractivity contribution in [2.24, 2.45) is 0 Å². The predicted molar refractivity (Wildman–Crippen MR) is 108 cm³/mol. The van der Waals surface area contributed by atoms with E-state index < -0.39 is 0 Å². The van der Waals surface area contributed by atoms with Gasteiger partial charge in [-0.3, -0.25) is 4.79 Å². The molecule has 0 bridgehead atoms. The molecule has 0 saturated carbocycles. The number of nitrogens with one attached hydrogen (secondary N) is 1. The molecule has 2 aromatic heterocycles. The first-order valence-corrected chi connectivity index (χ1v) is 9.59. The zero-order valence-corrected chi connectivity index (χ0v) is 15.0. The van der Waals surface area contributed by atoms with Crippen LogP contribution in [0, 0.1) is 0 Å². The van der Waals surface area contributed by atoms with Gasteiger partial charge in [0.15, 0.2) is 5.43 Å². The number of para-hydroxylation sites is 1. The minimum absolute atomic E-state index is 0.0585. The number of aromatic amines is 1. The second-order valence-corrected chi connectivity index (χ2v) is 7.58. The van der Waals surface area contributed by atoms with Crippen molar-refractivity contribution >= 4 is 38.1 Å². The van der Waals surface area contributed by atoms with Gasteiger partial charge in [-0.05, 0) is 23.6 Å². The van der Waals surface area contributed by atoms with Gasteiger partial charge in [-0.1, -0.05) is 30.3 Å². The van der Waals surface area contributed by atoms with Crippen molar-refractivity contribution in [1.29, 1.82) is 0 Å². The molecule has 4 aromatic rings. The van der Waals surface area contributed by atoms with Crippen LogP contribution in [0.25, 0.3) is 31.4 Å². The fraction of sp³-hybridized carbons (Fsp3) is 0.190. The van der Waals surface area contributed by atoms with Crippen LogP contribution in [0.15, 0.2) is 59.4 Å². The lowest BCUT2D eigenvalue weighted by atomic mass is 10.1. The standard InChI is InChI=1S/C21H18N2O2S/c24-17-13-20(23-8-10-25-11-9-23)22-21-15(17)5-3-6-16(21)19-12-14-4-1-2-7-18(14)26-19/h1-7,12-13H,8-11H2,(H,22,24). The molecule has 0 atom stereocenters. The first-order chi connectivity index (χ1) is 12.8. The van der Waals surface area contributed by atoms with Crippen LogP contribution in [-0.2, 0) is 4.74 Å². The van der Waals surface area contributed by atoms with Crippen molar-refractivity contribution in [2.75, 3.05) is 31.2 Å². The number of pyridine rings is 1. The Balaban J connectivity index is 1.71. The average Bonchev–Trinajstić information content (AvgIpc) is 3.12. The Hall–Kier alpha value is -2.63. The van der Waals surface area contributed by atoms with Crippen molar-refractivity contribution in [3.8, 4) is 10.4 Å². The van der Waals surface area contributed by atoms with Crippen molar-refractivity contribution in [1.82, 2.24) is 4.98 Å². The van der Waals surface area contributed by atoms with Crippen LogP contribution in [0.3, 0.4) is 0 Å². The summed E-state index contributed by atoms with van der Waals surface area (Å²) in [6, 6.07) is 18.2. The van der Waals surface area contributed by atoms with Gasteiger partial charge in [-0.25, -0.2) is 0 Å². The second-order valence-electron chi connectivity index (χ2n) is 6.49. The molecule has 1 aliphatic heterocycles. The third-order valence-electron chi connectivity index (χ3n) is 4.89. The molecule has 5 rings (SSSR count). The normalized spacial score (nSPS) is 15.0. The van der Waals surface area contributed by atoms with Crippen molar-refractivity contribution in [3.63, 3.8) is 0 Å². The molecule has 4 nitrogen and oxygen atoms in total. The second kappa shape index (κ2) is 6.27. The zero-order chi connectivity index (χ0) is 17.5. The zero-order valence-electron chi connectivity index (χ0n) is 14.2. The van der Waals surface area contributed by atoms with Crippen LogP contribution < -0.4 is 10.3 Å². The fourth-order valence-corrected chi connectivity index (χ4v) is 4.65. The van der Waals surface area contributed by atoms with Gasteiger partial charge in [0.1, 0.15) is 5.82 Å². The Kier molecular flexibility index (Phi) is 3.76. The minimum Gasteiger partial charge on any atom is -0.378 e. The maximum absolute atomic E-state index is 12.7. The maximum atomic E-state index is 12.7. The minimum atomic E-state index is 0.0585. The maximum Gasteiger partial charge on any atom is 0.191 e. The molecule has 2 aromatic carbocycles. The Morgan fingerprint density at radius 1 is 1.00 bits per heavy atom. The number of fused-ring (bicyclic) bond motifs is 2. The summed E-state index contributed by atoms with van der Waals surface area (Å²) < 4.78 is 6.69. The Bertz CT molecular complexity index is 1120. The molecule has 1 N–H and O–H groups in total. The molecular weight excluding hydrogens is 344 g/mol. The highest BCUT2D eigenvalue weighted by Gasteiger charge is 2.15. The van der Waals surface area contributed by atoms with Crippen molar-refractivity contribution in [3.05, 3.63) is 64.8 Å². The van der Waals surface area contributed by atoms with Gasteiger partial charge in [0.05, 0.1) is 18.7 Å². The number of hydrogen-bond acceptors (Lipinski definition) is 4. The number of hydrogen-bond donors (Lipinski definition) is 1. The number of thiophene rings is 1. The van der Waals surface area contributed by atoms with Crippen LogP contribution >= 0.6 is 11.3 Å². The average molecular weight is 362 g/mol. The number of aromatic nitrogens is 1. The lowest BCUT2D eigenvalue weighted by molar-refractivity contribution is 0.122. The monoisotopic (exact) mass is 362 g/mol. The largest absolute Gasteiger partial charge is 0.378 e. The molecule has 0 aliphatic carbocycles. The molecular formula is C21H18N2O2S. The van der Waals surface area contributed by atoms with Gasteiger partial charge in [-0.15, -0.1) is 11.3 Å². The van der Waals surface area contributed by atoms with E-state index in [1.54, 1.807) is 17.4 Å². The van der Waals surface area contributed by atoms with E-state index >= 15 is 0 Å². The van der Waals surface area contributed by atoms with Crippen molar-refractivity contribution in [2.45, 2.75) is 0 Å². The molecule has 1 saturated heterocycles. The van der Waals surface area contributed by atoms with E-state index in [1.807, 2.05) is 12.1 Å². The summed E-state index contributed by atoms with van der Waals surface area (Å²) in [5.41, 5.74) is 2.05. The molecule has 0 unspecified atom stereocenters. The van der Waals surface area contributed by atoms with Crippen molar-refractivity contribution < 1.29 is 4.74 Å². The number of rotatable bonds is 2. The molecule has 0 spiro atoms. The molecule has 26 heavy (non-hydrogen) atoms. The third kappa shape index (κ3) is 2.60. The molecule has 5 heteroatoms. The molecule has 0 radical (unpaired) electrons. The molecule has 1 fully saturated rings. The molecule has 3 heterocycles. The number of nitrogens with zero attached hydrogens (tertiary/aromatic N) is 1. The summed E-state index contributed by atoms with van der Waals surface area (Å²) in [6.45, 7) is 2.98. The number of anilines is 1. The van der Waals surface area contributed by atoms with E-state index in [1.165, 1.54) is 15.0 Å². The smallest absolute Gasteiger partial charge is 0.191 e. The van der Waals surface area contributed by atoms with Gasteiger partial charge in [-0.2, -0.15) is 0 Å². The van der Waals surface area contributed by atoms with Crippen LogP contribution in [0.4, 0.5) is 5.82 Å². The third-order valence-corrected chi connectivity index (χ3v) is 6.04. The van der Waals surface area contributed by atoms with Gasteiger partial charge in [0.25, 0.3) is 0 Å². The highest BCUT2D eigenvalue weighted by atomic mass is 32.1.